The van der Waals surface area contributed by atoms with Gasteiger partial charge in [-0.1, -0.05) is 0 Å². The molecule has 0 saturated heterocycles. The third-order valence-corrected chi connectivity index (χ3v) is 2.95. The summed E-state index contributed by atoms with van der Waals surface area (Å²) in [7, 11) is 1.34. The van der Waals surface area contributed by atoms with Crippen LogP contribution >= 0.6 is 0 Å². The van der Waals surface area contributed by atoms with Crippen molar-refractivity contribution in [3.63, 3.8) is 0 Å². The molecule has 0 radical (unpaired) electrons. The van der Waals surface area contributed by atoms with Crippen LogP contribution in [0.15, 0.2) is 35.5 Å². The second kappa shape index (κ2) is 7.14. The number of anilines is 1. The van der Waals surface area contributed by atoms with E-state index in [-0.39, 0.29) is 23.8 Å². The quantitative estimate of drug-likeness (QED) is 0.484. The van der Waals surface area contributed by atoms with Crippen LogP contribution in [0.4, 0.5) is 32.0 Å². The molecule has 0 aliphatic carbocycles. The van der Waals surface area contributed by atoms with E-state index in [2.05, 4.69) is 20.1 Å². The highest BCUT2D eigenvalue weighted by Gasteiger charge is 2.36. The number of nitrogens with two attached hydrogens (primary N) is 1. The number of nitrogens with zero attached hydrogens (tertiary/aromatic N) is 3. The number of ether oxygens (including phenoxy) is 1. The third kappa shape index (κ3) is 5.57. The molecule has 3 N–H and O–H groups in total. The van der Waals surface area contributed by atoms with Crippen molar-refractivity contribution in [1.82, 2.24) is 9.78 Å². The predicted molar refractivity (Wildman–Crippen MR) is 80.3 cm³/mol. The molecule has 1 aromatic carbocycles. The average Bonchev–Trinajstić information content (AvgIpc) is 2.87. The number of alkyl halides is 6. The van der Waals surface area contributed by atoms with Crippen molar-refractivity contribution in [2.75, 3.05) is 5.32 Å². The van der Waals surface area contributed by atoms with E-state index in [1.165, 1.54) is 25.4 Å². The van der Waals surface area contributed by atoms with E-state index in [1.54, 1.807) is 0 Å². The molecule has 2 aromatic rings. The minimum absolute atomic E-state index is 0.168. The van der Waals surface area contributed by atoms with Crippen LogP contribution in [0.5, 0.6) is 5.75 Å². The van der Waals surface area contributed by atoms with Gasteiger partial charge in [-0.2, -0.15) is 18.3 Å². The Morgan fingerprint density at radius 2 is 1.81 bits per heavy atom. The van der Waals surface area contributed by atoms with Crippen molar-refractivity contribution >= 4 is 11.6 Å². The Hall–Kier alpha value is -2.92. The first-order chi connectivity index (χ1) is 11.9. The number of nitrogens with one attached hydrogen (secondary N) is 1. The van der Waals surface area contributed by atoms with E-state index in [4.69, 9.17) is 5.73 Å². The molecule has 0 unspecified atom stereocenters. The van der Waals surface area contributed by atoms with Gasteiger partial charge < -0.3 is 15.8 Å². The summed E-state index contributed by atoms with van der Waals surface area (Å²) in [4.78, 5) is 3.78. The summed E-state index contributed by atoms with van der Waals surface area (Å²) in [6.07, 6.45) is -8.26. The van der Waals surface area contributed by atoms with Gasteiger partial charge in [0.1, 0.15) is 5.75 Å². The zero-order chi connectivity index (χ0) is 19.5. The van der Waals surface area contributed by atoms with Gasteiger partial charge >= 0.3 is 12.5 Å². The fraction of sp³-hybridized carbons (Fsp3) is 0.286. The van der Waals surface area contributed by atoms with Crippen molar-refractivity contribution in [3.05, 3.63) is 41.7 Å². The third-order valence-electron chi connectivity index (χ3n) is 2.95. The van der Waals surface area contributed by atoms with Crippen LogP contribution in [0.2, 0.25) is 0 Å². The maximum atomic E-state index is 12.8. The zero-order valence-corrected chi connectivity index (χ0v) is 13.2. The number of rotatable bonds is 4. The summed E-state index contributed by atoms with van der Waals surface area (Å²) >= 11 is 0. The van der Waals surface area contributed by atoms with Gasteiger partial charge in [-0.25, -0.2) is 4.99 Å². The van der Waals surface area contributed by atoms with E-state index in [1.807, 2.05) is 0 Å². The lowest BCUT2D eigenvalue weighted by Gasteiger charge is -2.10. The molecule has 26 heavy (non-hydrogen) atoms. The van der Waals surface area contributed by atoms with Crippen molar-refractivity contribution in [3.8, 4) is 5.75 Å². The Bertz CT molecular complexity index is 779. The summed E-state index contributed by atoms with van der Waals surface area (Å²) in [6, 6.07) is 4.58. The molecule has 142 valence electrons. The molecule has 0 aliphatic heterocycles. The molecule has 1 aromatic heterocycles. The monoisotopic (exact) mass is 381 g/mol. The van der Waals surface area contributed by atoms with E-state index in [9.17, 15) is 26.3 Å². The van der Waals surface area contributed by atoms with E-state index in [0.717, 1.165) is 16.8 Å². The molecule has 1 heterocycles. The number of aliphatic imine (C=N–C) groups is 1. The molecule has 0 atom stereocenters. The smallest absolute Gasteiger partial charge is 0.406 e. The highest BCUT2D eigenvalue weighted by atomic mass is 19.4. The maximum Gasteiger partial charge on any atom is 0.573 e. The average molecular weight is 381 g/mol. The van der Waals surface area contributed by atoms with Crippen LogP contribution in [0, 0.1) is 0 Å². The lowest BCUT2D eigenvalue weighted by Crippen LogP contribution is -2.23. The molecule has 0 bridgehead atoms. The lowest BCUT2D eigenvalue weighted by atomic mass is 10.2. The van der Waals surface area contributed by atoms with Crippen LogP contribution < -0.4 is 15.8 Å². The molecule has 0 saturated carbocycles. The molecule has 2 rings (SSSR count). The number of benzene rings is 1. The van der Waals surface area contributed by atoms with Gasteiger partial charge in [0, 0.05) is 24.5 Å². The highest BCUT2D eigenvalue weighted by Crippen LogP contribution is 2.30. The predicted octanol–water partition coefficient (Wildman–Crippen LogP) is 3.26. The summed E-state index contributed by atoms with van der Waals surface area (Å²) in [6.45, 7) is -0.378. The number of aromatic nitrogens is 2. The SMILES string of the molecule is Cn1cc(CN=C(N)Nc2ccc(OC(F)(F)F)cc2)c(C(F)(F)F)n1. The number of halogens is 6. The molecule has 0 amide bonds. The number of hydrogen-bond donors (Lipinski definition) is 2. The Labute approximate surface area is 143 Å². The minimum Gasteiger partial charge on any atom is -0.406 e. The maximum absolute atomic E-state index is 12.8. The number of guanidine groups is 1. The van der Waals surface area contributed by atoms with Crippen LogP contribution in [0.1, 0.15) is 11.3 Å². The van der Waals surface area contributed by atoms with E-state index in [0.29, 0.717) is 0 Å². The normalized spacial score (nSPS) is 13.0. The van der Waals surface area contributed by atoms with Gasteiger partial charge in [-0.05, 0) is 24.3 Å². The van der Waals surface area contributed by atoms with Gasteiger partial charge in [0.15, 0.2) is 11.7 Å². The summed E-state index contributed by atoms with van der Waals surface area (Å²) < 4.78 is 79.4. The largest absolute Gasteiger partial charge is 0.573 e. The van der Waals surface area contributed by atoms with Gasteiger partial charge in [0.05, 0.1) is 6.54 Å². The topological polar surface area (TPSA) is 77.5 Å². The van der Waals surface area contributed by atoms with Gasteiger partial charge in [-0.15, -0.1) is 13.2 Å². The lowest BCUT2D eigenvalue weighted by molar-refractivity contribution is -0.274. The van der Waals surface area contributed by atoms with E-state index < -0.39 is 24.0 Å². The van der Waals surface area contributed by atoms with Crippen LogP contribution in [0.3, 0.4) is 0 Å². The number of aryl methyl sites for hydroxylation is 1. The molecule has 12 heteroatoms. The Kier molecular flexibility index (Phi) is 5.33. The first kappa shape index (κ1) is 19.4. The Morgan fingerprint density at radius 3 is 2.35 bits per heavy atom. The van der Waals surface area contributed by atoms with Crippen molar-refractivity contribution in [1.29, 1.82) is 0 Å². The van der Waals surface area contributed by atoms with Gasteiger partial charge in [0.2, 0.25) is 0 Å². The Balaban J connectivity index is 2.03. The standard InChI is InChI=1S/C14H13F6N5O/c1-25-7-8(11(24-25)13(15,16)17)6-22-12(21)23-9-2-4-10(5-3-9)26-14(18,19)20/h2-5,7H,6H2,1H3,(H3,21,22,23). The van der Waals surface area contributed by atoms with Crippen molar-refractivity contribution in [2.45, 2.75) is 19.1 Å². The van der Waals surface area contributed by atoms with Crippen molar-refractivity contribution in [2.24, 2.45) is 17.8 Å². The molecular formula is C14H13F6N5O. The van der Waals surface area contributed by atoms with E-state index >= 15 is 0 Å². The van der Waals surface area contributed by atoms with Gasteiger partial charge in [0.25, 0.3) is 0 Å². The van der Waals surface area contributed by atoms with Crippen molar-refractivity contribution < 1.29 is 31.1 Å². The van der Waals surface area contributed by atoms with Crippen LogP contribution in [-0.4, -0.2) is 22.1 Å². The summed E-state index contributed by atoms with van der Waals surface area (Å²) in [5, 5.41) is 5.89. The second-order valence-corrected chi connectivity index (χ2v) is 5.07. The molecule has 0 fully saturated rings. The Morgan fingerprint density at radius 1 is 1.19 bits per heavy atom. The molecular weight excluding hydrogens is 368 g/mol. The molecule has 0 aliphatic rings. The van der Waals surface area contributed by atoms with Crippen LogP contribution in [-0.2, 0) is 19.8 Å². The summed E-state index contributed by atoms with van der Waals surface area (Å²) in [5.74, 6) is -0.643. The zero-order valence-electron chi connectivity index (χ0n) is 13.2. The second-order valence-electron chi connectivity index (χ2n) is 5.07. The fourth-order valence-electron chi connectivity index (χ4n) is 1.99. The minimum atomic E-state index is -4.81. The van der Waals surface area contributed by atoms with Crippen LogP contribution in [0.25, 0.3) is 0 Å². The fourth-order valence-corrected chi connectivity index (χ4v) is 1.99. The first-order valence-electron chi connectivity index (χ1n) is 6.96. The first-order valence-corrected chi connectivity index (χ1v) is 6.96. The summed E-state index contributed by atoms with van der Waals surface area (Å²) in [5.41, 5.74) is 4.63. The molecule has 0 spiro atoms. The number of hydrogen-bond acceptors (Lipinski definition) is 3. The highest BCUT2D eigenvalue weighted by molar-refractivity contribution is 5.92. The molecule has 6 nitrogen and oxygen atoms in total. The van der Waals surface area contributed by atoms with Gasteiger partial charge in [-0.3, -0.25) is 4.68 Å².